The van der Waals surface area contributed by atoms with E-state index >= 15 is 0 Å². The molecule has 0 amide bonds. The number of hydrogen-bond acceptors (Lipinski definition) is 3. The largest absolute Gasteiger partial charge is 0.495 e. The molecule has 2 aromatic carbocycles. The van der Waals surface area contributed by atoms with Crippen LogP contribution in [0.25, 0.3) is 6.08 Å². The molecule has 0 aliphatic carbocycles. The van der Waals surface area contributed by atoms with E-state index in [9.17, 15) is 0 Å². The van der Waals surface area contributed by atoms with E-state index in [0.29, 0.717) is 11.4 Å². The van der Waals surface area contributed by atoms with Gasteiger partial charge in [-0.15, -0.1) is 0 Å². The number of hydrogen-bond donors (Lipinski definition) is 2. The summed E-state index contributed by atoms with van der Waals surface area (Å²) in [5, 5.41) is 11.0. The lowest BCUT2D eigenvalue weighted by molar-refractivity contribution is 0.416. The number of benzene rings is 2. The van der Waals surface area contributed by atoms with E-state index in [1.165, 1.54) is 0 Å². The summed E-state index contributed by atoms with van der Waals surface area (Å²) in [4.78, 5) is 0. The average molecular weight is 272 g/mol. The molecule has 2 rings (SSSR count). The highest BCUT2D eigenvalue weighted by Gasteiger charge is 2.00. The van der Waals surface area contributed by atoms with Crippen LogP contribution in [0.4, 0.5) is 5.69 Å². The van der Waals surface area contributed by atoms with Crippen LogP contribution in [0.1, 0.15) is 9.68 Å². The monoisotopic (exact) mass is 272 g/mol. The van der Waals surface area contributed by atoms with Gasteiger partial charge < -0.3 is 15.5 Å². The Kier molecular flexibility index (Phi) is 3.66. The van der Waals surface area contributed by atoms with Gasteiger partial charge >= 0.3 is 0 Å². The van der Waals surface area contributed by atoms with E-state index in [4.69, 9.17) is 14.3 Å². The molecule has 0 radical (unpaired) electrons. The van der Waals surface area contributed by atoms with Crippen molar-refractivity contribution in [3.63, 3.8) is 0 Å². The lowest BCUT2D eigenvalue weighted by Crippen LogP contribution is -2.11. The van der Waals surface area contributed by atoms with Crippen LogP contribution >= 0.6 is 0 Å². The topological polar surface area (TPSA) is 45.1 Å². The van der Waals surface area contributed by atoms with Gasteiger partial charge in [-0.05, 0) is 23.8 Å². The minimum absolute atomic E-state index is 0.243. The zero-order chi connectivity index (χ0) is 16.7. The zero-order valence-electron chi connectivity index (χ0n) is 14.0. The smallest absolute Gasteiger partial charge is 0.141 e. The first kappa shape index (κ1) is 10.3. The quantitative estimate of drug-likeness (QED) is 0.785. The highest BCUT2D eigenvalue weighted by Crippen LogP contribution is 2.22. The van der Waals surface area contributed by atoms with Crippen LogP contribution in [0, 0.1) is 5.41 Å². The van der Waals surface area contributed by atoms with E-state index in [0.717, 1.165) is 5.56 Å². The summed E-state index contributed by atoms with van der Waals surface area (Å²) < 4.78 is 26.5. The lowest BCUT2D eigenvalue weighted by atomic mass is 10.2. The van der Waals surface area contributed by atoms with Crippen LogP contribution in [-0.4, -0.2) is 19.3 Å². The van der Waals surface area contributed by atoms with Crippen molar-refractivity contribution in [2.45, 2.75) is 0 Å². The van der Waals surface area contributed by atoms with Crippen LogP contribution in [0.5, 0.6) is 5.75 Å². The standard InChI is InChI=1S/C17H18N2O/c1-20-17-10-6-5-9-16(17)19-13-15(18)12-11-14-7-3-2-4-8-14/h2-12,18-19H,13H2,1H3/i1T3. The van der Waals surface area contributed by atoms with Gasteiger partial charge in [-0.25, -0.2) is 0 Å². The van der Waals surface area contributed by atoms with Gasteiger partial charge in [0.15, 0.2) is 0 Å². The molecule has 0 atom stereocenters. The van der Waals surface area contributed by atoms with Gasteiger partial charge in [0, 0.05) is 0 Å². The Labute approximate surface area is 123 Å². The second-order valence-corrected chi connectivity index (χ2v) is 4.22. The van der Waals surface area contributed by atoms with Crippen molar-refractivity contribution < 1.29 is 8.85 Å². The molecule has 3 heteroatoms. The third-order valence-electron chi connectivity index (χ3n) is 2.74. The fraction of sp³-hybridized carbons (Fsp3) is 0.118. The number of ether oxygens (including phenoxy) is 1. The molecule has 0 aliphatic rings. The molecule has 0 spiro atoms. The van der Waals surface area contributed by atoms with Crippen molar-refractivity contribution >= 4 is 17.5 Å². The molecule has 3 nitrogen and oxygen atoms in total. The maximum absolute atomic E-state index is 7.94. The molecule has 0 fully saturated rings. The first-order valence-electron chi connectivity index (χ1n) is 7.76. The third-order valence-corrected chi connectivity index (χ3v) is 2.74. The van der Waals surface area contributed by atoms with Gasteiger partial charge in [-0.2, -0.15) is 0 Å². The second-order valence-electron chi connectivity index (χ2n) is 4.22. The summed E-state index contributed by atoms with van der Waals surface area (Å²) in [5.74, 6) is 0.243. The number of anilines is 1. The molecule has 102 valence electrons. The molecule has 0 heterocycles. The van der Waals surface area contributed by atoms with Crippen molar-refractivity contribution in [2.75, 3.05) is 18.9 Å². The van der Waals surface area contributed by atoms with Crippen molar-refractivity contribution in [3.8, 4) is 5.75 Å². The van der Waals surface area contributed by atoms with Gasteiger partial charge in [0.1, 0.15) is 5.75 Å². The predicted molar refractivity (Wildman–Crippen MR) is 84.7 cm³/mol. The predicted octanol–water partition coefficient (Wildman–Crippen LogP) is 3.84. The van der Waals surface area contributed by atoms with E-state index in [-0.39, 0.29) is 12.3 Å². The SMILES string of the molecule is [3H]C([3H])([3H])Oc1ccccc1NCC(=N)C=Cc1ccccc1. The average Bonchev–Trinajstić information content (AvgIpc) is 2.51. The first-order chi connectivity index (χ1) is 10.9. The fourth-order valence-electron chi connectivity index (χ4n) is 1.71. The zero-order valence-corrected chi connectivity index (χ0v) is 11.0. The van der Waals surface area contributed by atoms with Gasteiger partial charge in [0.05, 0.1) is 29.1 Å². The maximum Gasteiger partial charge on any atom is 0.141 e. The number of rotatable bonds is 6. The fourth-order valence-corrected chi connectivity index (χ4v) is 1.71. The molecular formula is C17H18N2O. The summed E-state index contributed by atoms with van der Waals surface area (Å²) in [7, 11) is -2.50. The molecule has 0 aliphatic heterocycles. The molecule has 2 aromatic rings. The molecule has 0 aromatic heterocycles. The summed E-state index contributed by atoms with van der Waals surface area (Å²) >= 11 is 0. The molecule has 20 heavy (non-hydrogen) atoms. The second kappa shape index (κ2) is 7.14. The van der Waals surface area contributed by atoms with Gasteiger partial charge in [-0.1, -0.05) is 48.5 Å². The Bertz CT molecular complexity index is 682. The highest BCUT2D eigenvalue weighted by atomic mass is 16.5. The Hall–Kier alpha value is -2.55. The highest BCUT2D eigenvalue weighted by molar-refractivity contribution is 5.98. The third kappa shape index (κ3) is 3.99. The molecule has 0 bridgehead atoms. The number of para-hydroxylation sites is 2. The van der Waals surface area contributed by atoms with E-state index < -0.39 is 7.04 Å². The lowest BCUT2D eigenvalue weighted by Gasteiger charge is -2.10. The van der Waals surface area contributed by atoms with Crippen LogP contribution < -0.4 is 10.1 Å². The number of methoxy groups -OCH3 is 1. The molecule has 0 saturated heterocycles. The minimum Gasteiger partial charge on any atom is -0.495 e. The van der Waals surface area contributed by atoms with Gasteiger partial charge in [-0.3, -0.25) is 0 Å². The molecule has 2 N–H and O–H groups in total. The van der Waals surface area contributed by atoms with E-state index in [1.54, 1.807) is 30.3 Å². The van der Waals surface area contributed by atoms with Crippen LogP contribution in [0.3, 0.4) is 0 Å². The molecule has 0 saturated carbocycles. The Morgan fingerprint density at radius 2 is 1.95 bits per heavy atom. The number of nitrogens with one attached hydrogen (secondary N) is 2. The Morgan fingerprint density at radius 3 is 2.75 bits per heavy atom. The molecule has 0 unspecified atom stereocenters. The van der Waals surface area contributed by atoms with E-state index in [1.807, 2.05) is 36.4 Å². The van der Waals surface area contributed by atoms with Crippen LogP contribution in [0.2, 0.25) is 0 Å². The van der Waals surface area contributed by atoms with E-state index in [2.05, 4.69) is 5.32 Å². The van der Waals surface area contributed by atoms with Crippen molar-refractivity contribution in [3.05, 3.63) is 66.2 Å². The summed E-state index contributed by atoms with van der Waals surface area (Å²) in [6.45, 7) is 0.269. The van der Waals surface area contributed by atoms with Crippen molar-refractivity contribution in [2.24, 2.45) is 0 Å². The van der Waals surface area contributed by atoms with Gasteiger partial charge in [0.2, 0.25) is 0 Å². The normalized spacial score (nSPS) is 13.3. The first-order valence-corrected chi connectivity index (χ1v) is 6.26. The summed E-state index contributed by atoms with van der Waals surface area (Å²) in [6, 6.07) is 16.5. The molecular weight excluding hydrogens is 248 g/mol. The summed E-state index contributed by atoms with van der Waals surface area (Å²) in [6.07, 6.45) is 3.56. The Morgan fingerprint density at radius 1 is 1.20 bits per heavy atom. The van der Waals surface area contributed by atoms with Crippen LogP contribution in [-0.2, 0) is 0 Å². The van der Waals surface area contributed by atoms with Crippen molar-refractivity contribution in [1.29, 1.82) is 5.41 Å². The van der Waals surface area contributed by atoms with Crippen molar-refractivity contribution in [1.82, 2.24) is 0 Å². The van der Waals surface area contributed by atoms with Crippen LogP contribution in [0.15, 0.2) is 60.7 Å². The minimum atomic E-state index is -2.50. The van der Waals surface area contributed by atoms with Gasteiger partial charge in [0.25, 0.3) is 0 Å². The Balaban J connectivity index is 1.95. The maximum atomic E-state index is 7.94. The summed E-state index contributed by atoms with van der Waals surface area (Å²) in [5.41, 5.74) is 1.93.